The summed E-state index contributed by atoms with van der Waals surface area (Å²) in [5.41, 5.74) is 7.85. The molecule has 3 rings (SSSR count). The van der Waals surface area contributed by atoms with Crippen LogP contribution in [0.3, 0.4) is 0 Å². The van der Waals surface area contributed by atoms with Crippen LogP contribution in [-0.4, -0.2) is 15.9 Å². The molecule has 0 radical (unpaired) electrons. The molecule has 0 saturated heterocycles. The molecule has 5 heteroatoms. The molecule has 2 N–H and O–H groups in total. The van der Waals surface area contributed by atoms with E-state index in [1.807, 2.05) is 18.2 Å². The molecule has 1 heterocycles. The molecule has 100 valence electrons. The largest absolute Gasteiger partial charge is 0.399 e. The zero-order valence-electron chi connectivity index (χ0n) is 11.0. The number of nitrogen functional groups attached to an aromatic ring is 1. The third-order valence-corrected chi connectivity index (χ3v) is 4.14. The van der Waals surface area contributed by atoms with E-state index < -0.39 is 0 Å². The maximum Gasteiger partial charge on any atom is 0.205 e. The lowest BCUT2D eigenvalue weighted by atomic mass is 10.2. The molecule has 1 aromatic heterocycles. The van der Waals surface area contributed by atoms with E-state index in [0.29, 0.717) is 5.92 Å². The van der Waals surface area contributed by atoms with Gasteiger partial charge >= 0.3 is 0 Å². The number of benzene rings is 1. The predicted molar refractivity (Wildman–Crippen MR) is 79.5 cm³/mol. The van der Waals surface area contributed by atoms with Crippen molar-refractivity contribution in [2.24, 2.45) is 0 Å². The van der Waals surface area contributed by atoms with Gasteiger partial charge in [-0.3, -0.25) is 0 Å². The van der Waals surface area contributed by atoms with Gasteiger partial charge in [0.2, 0.25) is 5.13 Å². The average molecular weight is 274 g/mol. The smallest absolute Gasteiger partial charge is 0.205 e. The first-order chi connectivity index (χ1) is 9.26. The summed E-state index contributed by atoms with van der Waals surface area (Å²) in [6.07, 6.45) is 2.50. The SMILES string of the molecule is CCN(Cc1cccc(N)c1)c1nc(C2CC2)ns1. The van der Waals surface area contributed by atoms with Crippen molar-refractivity contribution in [1.29, 1.82) is 0 Å². The molecule has 0 amide bonds. The summed E-state index contributed by atoms with van der Waals surface area (Å²) in [4.78, 5) is 6.91. The third kappa shape index (κ3) is 2.87. The Morgan fingerprint density at radius 1 is 1.42 bits per heavy atom. The van der Waals surface area contributed by atoms with Gasteiger partial charge in [-0.05, 0) is 37.5 Å². The standard InChI is InChI=1S/C14H18N4S/c1-2-18(9-10-4-3-5-12(15)8-10)14-16-13(17-19-14)11-6-7-11/h3-5,8,11H,2,6-7,9,15H2,1H3. The lowest BCUT2D eigenvalue weighted by Crippen LogP contribution is -2.21. The lowest BCUT2D eigenvalue weighted by Gasteiger charge is -2.19. The Morgan fingerprint density at radius 2 is 2.26 bits per heavy atom. The average Bonchev–Trinajstić information content (AvgIpc) is 3.15. The first-order valence-corrected chi connectivity index (χ1v) is 7.46. The molecule has 1 aliphatic carbocycles. The summed E-state index contributed by atoms with van der Waals surface area (Å²) in [6.45, 7) is 3.90. The number of anilines is 2. The molecule has 2 aromatic rings. The normalized spacial score (nSPS) is 14.6. The number of hydrogen-bond donors (Lipinski definition) is 1. The van der Waals surface area contributed by atoms with Crippen molar-refractivity contribution in [3.63, 3.8) is 0 Å². The highest BCUT2D eigenvalue weighted by molar-refractivity contribution is 7.09. The highest BCUT2D eigenvalue weighted by atomic mass is 32.1. The molecule has 0 bridgehead atoms. The van der Waals surface area contributed by atoms with E-state index in [-0.39, 0.29) is 0 Å². The molecule has 1 saturated carbocycles. The molecular formula is C14H18N4S. The topological polar surface area (TPSA) is 55.0 Å². The second-order valence-electron chi connectivity index (χ2n) is 4.97. The Labute approximate surface area is 117 Å². The lowest BCUT2D eigenvalue weighted by molar-refractivity contribution is 0.819. The van der Waals surface area contributed by atoms with Gasteiger partial charge in [-0.2, -0.15) is 4.37 Å². The van der Waals surface area contributed by atoms with Gasteiger partial charge in [0.1, 0.15) is 5.82 Å². The Bertz CT molecular complexity index is 562. The van der Waals surface area contributed by atoms with Crippen molar-refractivity contribution < 1.29 is 0 Å². The van der Waals surface area contributed by atoms with Gasteiger partial charge in [-0.1, -0.05) is 12.1 Å². The Kier molecular flexibility index (Phi) is 3.38. The maximum absolute atomic E-state index is 5.82. The van der Waals surface area contributed by atoms with Crippen molar-refractivity contribution >= 4 is 22.4 Å². The predicted octanol–water partition coefficient (Wildman–Crippen LogP) is 3.02. The quantitative estimate of drug-likeness (QED) is 0.851. The van der Waals surface area contributed by atoms with Crippen LogP contribution in [0, 0.1) is 0 Å². The minimum absolute atomic E-state index is 0.621. The van der Waals surface area contributed by atoms with E-state index in [1.165, 1.54) is 29.9 Å². The molecule has 19 heavy (non-hydrogen) atoms. The molecule has 0 atom stereocenters. The van der Waals surface area contributed by atoms with Crippen LogP contribution in [0.2, 0.25) is 0 Å². The van der Waals surface area contributed by atoms with Gasteiger partial charge in [-0.25, -0.2) is 4.98 Å². The van der Waals surface area contributed by atoms with E-state index in [0.717, 1.165) is 29.7 Å². The summed E-state index contributed by atoms with van der Waals surface area (Å²) >= 11 is 1.51. The van der Waals surface area contributed by atoms with Crippen LogP contribution in [-0.2, 0) is 6.54 Å². The zero-order valence-corrected chi connectivity index (χ0v) is 11.9. The van der Waals surface area contributed by atoms with Crippen molar-refractivity contribution in [2.75, 3.05) is 17.2 Å². The van der Waals surface area contributed by atoms with Gasteiger partial charge in [0.25, 0.3) is 0 Å². The summed E-state index contributed by atoms with van der Waals surface area (Å²) in [6, 6.07) is 8.03. The van der Waals surface area contributed by atoms with Crippen LogP contribution in [0.5, 0.6) is 0 Å². The first kappa shape index (κ1) is 12.4. The molecule has 4 nitrogen and oxygen atoms in total. The fourth-order valence-electron chi connectivity index (χ4n) is 2.09. The van der Waals surface area contributed by atoms with Crippen molar-refractivity contribution in [3.8, 4) is 0 Å². The molecule has 0 spiro atoms. The molecule has 1 aliphatic rings. The van der Waals surface area contributed by atoms with Gasteiger partial charge in [0.05, 0.1) is 0 Å². The summed E-state index contributed by atoms with van der Waals surface area (Å²) in [5, 5.41) is 1.02. The van der Waals surface area contributed by atoms with Crippen molar-refractivity contribution in [3.05, 3.63) is 35.7 Å². The number of rotatable bonds is 5. The summed E-state index contributed by atoms with van der Waals surface area (Å²) in [5.74, 6) is 1.65. The highest BCUT2D eigenvalue weighted by Gasteiger charge is 2.28. The summed E-state index contributed by atoms with van der Waals surface area (Å²) in [7, 11) is 0. The number of hydrogen-bond acceptors (Lipinski definition) is 5. The highest BCUT2D eigenvalue weighted by Crippen LogP contribution is 2.39. The molecule has 1 aromatic carbocycles. The van der Waals surface area contributed by atoms with Crippen LogP contribution in [0.1, 0.15) is 37.1 Å². The third-order valence-electron chi connectivity index (χ3n) is 3.35. The van der Waals surface area contributed by atoms with Crippen LogP contribution in [0.25, 0.3) is 0 Å². The van der Waals surface area contributed by atoms with E-state index >= 15 is 0 Å². The van der Waals surface area contributed by atoms with E-state index in [4.69, 9.17) is 5.73 Å². The molecule has 0 aliphatic heterocycles. The molecule has 0 unspecified atom stereocenters. The zero-order chi connectivity index (χ0) is 13.2. The maximum atomic E-state index is 5.82. The number of nitrogens with two attached hydrogens (primary N) is 1. The minimum atomic E-state index is 0.621. The number of aromatic nitrogens is 2. The minimum Gasteiger partial charge on any atom is -0.399 e. The second-order valence-corrected chi connectivity index (χ2v) is 5.70. The Hall–Kier alpha value is -1.62. The van der Waals surface area contributed by atoms with Gasteiger partial charge in [-0.15, -0.1) is 0 Å². The van der Waals surface area contributed by atoms with Crippen LogP contribution >= 0.6 is 11.5 Å². The Morgan fingerprint density at radius 3 is 2.95 bits per heavy atom. The van der Waals surface area contributed by atoms with Crippen LogP contribution < -0.4 is 10.6 Å². The van der Waals surface area contributed by atoms with Crippen LogP contribution in [0.15, 0.2) is 24.3 Å². The fraction of sp³-hybridized carbons (Fsp3) is 0.429. The van der Waals surface area contributed by atoms with Crippen molar-refractivity contribution in [1.82, 2.24) is 9.36 Å². The van der Waals surface area contributed by atoms with Crippen molar-refractivity contribution in [2.45, 2.75) is 32.2 Å². The first-order valence-electron chi connectivity index (χ1n) is 6.69. The van der Waals surface area contributed by atoms with Gasteiger partial charge < -0.3 is 10.6 Å². The van der Waals surface area contributed by atoms with E-state index in [2.05, 4.69) is 27.2 Å². The van der Waals surface area contributed by atoms with E-state index in [9.17, 15) is 0 Å². The second kappa shape index (κ2) is 5.17. The van der Waals surface area contributed by atoms with E-state index in [1.54, 1.807) is 0 Å². The fourth-order valence-corrected chi connectivity index (χ4v) is 2.90. The molecule has 1 fully saturated rings. The van der Waals surface area contributed by atoms with Gasteiger partial charge in [0.15, 0.2) is 0 Å². The van der Waals surface area contributed by atoms with Crippen LogP contribution in [0.4, 0.5) is 10.8 Å². The summed E-state index contributed by atoms with van der Waals surface area (Å²) < 4.78 is 4.47. The monoisotopic (exact) mass is 274 g/mol. The Balaban J connectivity index is 1.75. The van der Waals surface area contributed by atoms with Gasteiger partial charge in [0, 0.05) is 36.2 Å². The number of nitrogens with zero attached hydrogens (tertiary/aromatic N) is 3. The molecular weight excluding hydrogens is 256 g/mol.